The highest BCUT2D eigenvalue weighted by molar-refractivity contribution is 5.72. The predicted molar refractivity (Wildman–Crippen MR) is 70.2 cm³/mol. The molecule has 1 aliphatic rings. The smallest absolute Gasteiger partial charge is 0.322 e. The van der Waals surface area contributed by atoms with Gasteiger partial charge in [-0.3, -0.25) is 4.79 Å². The first-order chi connectivity index (χ1) is 9.24. The van der Waals surface area contributed by atoms with Crippen LogP contribution >= 0.6 is 0 Å². The zero-order valence-corrected chi connectivity index (χ0v) is 10.6. The van der Waals surface area contributed by atoms with Crippen molar-refractivity contribution >= 4 is 17.6 Å². The molecule has 0 radical (unpaired) electrons. The van der Waals surface area contributed by atoms with Gasteiger partial charge in [-0.15, -0.1) is 0 Å². The molecule has 3 N–H and O–H groups in total. The van der Waals surface area contributed by atoms with E-state index in [1.807, 2.05) is 0 Å². The number of carboxylic acids is 1. The van der Waals surface area contributed by atoms with Crippen molar-refractivity contribution in [2.45, 2.75) is 12.8 Å². The lowest BCUT2D eigenvalue weighted by Crippen LogP contribution is -2.23. The molecule has 1 aliphatic heterocycles. The Morgan fingerprint density at radius 3 is 2.68 bits per heavy atom. The van der Waals surface area contributed by atoms with Crippen LogP contribution in [-0.4, -0.2) is 47.3 Å². The molecule has 0 unspecified atom stereocenters. The molecule has 0 spiro atoms. The molecule has 7 nitrogen and oxygen atoms in total. The minimum absolute atomic E-state index is 0.156. The van der Waals surface area contributed by atoms with Crippen LogP contribution in [0.15, 0.2) is 12.4 Å². The summed E-state index contributed by atoms with van der Waals surface area (Å²) in [7, 11) is 0. The molecule has 104 valence electrons. The highest BCUT2D eigenvalue weighted by Gasteiger charge is 2.13. The molecule has 1 fully saturated rings. The van der Waals surface area contributed by atoms with Gasteiger partial charge in [-0.05, 0) is 18.8 Å². The largest absolute Gasteiger partial charge is 0.480 e. The molecule has 7 heteroatoms. The van der Waals surface area contributed by atoms with Gasteiger partial charge in [0, 0.05) is 25.8 Å². The van der Waals surface area contributed by atoms with Crippen molar-refractivity contribution in [3.8, 4) is 0 Å². The van der Waals surface area contributed by atoms with Crippen molar-refractivity contribution in [3.05, 3.63) is 12.4 Å². The third-order valence-electron chi connectivity index (χ3n) is 3.00. The zero-order valence-electron chi connectivity index (χ0n) is 10.6. The first kappa shape index (κ1) is 13.5. The van der Waals surface area contributed by atoms with E-state index in [0.717, 1.165) is 32.6 Å². The van der Waals surface area contributed by atoms with Crippen LogP contribution in [-0.2, 0) is 9.53 Å². The fourth-order valence-electron chi connectivity index (χ4n) is 1.92. The number of aliphatic carboxylic acids is 1. The van der Waals surface area contributed by atoms with Crippen molar-refractivity contribution in [1.29, 1.82) is 0 Å². The van der Waals surface area contributed by atoms with Gasteiger partial charge in [0.05, 0.1) is 0 Å². The Labute approximate surface area is 111 Å². The van der Waals surface area contributed by atoms with Crippen LogP contribution in [0.3, 0.4) is 0 Å². The maximum atomic E-state index is 10.5. The van der Waals surface area contributed by atoms with Gasteiger partial charge in [-0.25, -0.2) is 9.97 Å². The van der Waals surface area contributed by atoms with Gasteiger partial charge in [0.2, 0.25) is 0 Å². The number of rotatable bonds is 6. The minimum Gasteiger partial charge on any atom is -0.480 e. The van der Waals surface area contributed by atoms with E-state index in [9.17, 15) is 4.79 Å². The first-order valence-electron chi connectivity index (χ1n) is 6.33. The lowest BCUT2D eigenvalue weighted by molar-refractivity contribution is -0.134. The monoisotopic (exact) mass is 266 g/mol. The number of carboxylic acid groups (broad SMARTS) is 1. The van der Waals surface area contributed by atoms with Gasteiger partial charge in [-0.1, -0.05) is 0 Å². The van der Waals surface area contributed by atoms with Crippen LogP contribution in [0, 0.1) is 5.92 Å². The average molecular weight is 266 g/mol. The van der Waals surface area contributed by atoms with Crippen LogP contribution in [0.1, 0.15) is 12.8 Å². The summed E-state index contributed by atoms with van der Waals surface area (Å²) in [6, 6.07) is 1.71. The summed E-state index contributed by atoms with van der Waals surface area (Å²) in [4.78, 5) is 18.5. The Bertz CT molecular complexity index is 421. The van der Waals surface area contributed by atoms with E-state index < -0.39 is 5.97 Å². The lowest BCUT2D eigenvalue weighted by atomic mass is 10.0. The van der Waals surface area contributed by atoms with E-state index in [1.165, 1.54) is 6.33 Å². The standard InChI is InChI=1S/C12H18N4O3/c17-12(18)7-14-11-5-10(15-8-16-11)13-6-9-1-3-19-4-2-9/h5,8-9H,1-4,6-7H2,(H,17,18)(H2,13,14,15,16). The molecule has 1 aromatic heterocycles. The summed E-state index contributed by atoms with van der Waals surface area (Å²) in [5.74, 6) is 0.885. The molecule has 1 aromatic rings. The summed E-state index contributed by atoms with van der Waals surface area (Å²) < 4.78 is 5.31. The molecule has 0 amide bonds. The third-order valence-corrected chi connectivity index (χ3v) is 3.00. The van der Waals surface area contributed by atoms with Crippen molar-refractivity contribution in [2.75, 3.05) is 36.9 Å². The quantitative estimate of drug-likeness (QED) is 0.701. The second kappa shape index (κ2) is 6.89. The Balaban J connectivity index is 1.82. The number of nitrogens with one attached hydrogen (secondary N) is 2. The number of anilines is 2. The van der Waals surface area contributed by atoms with Crippen molar-refractivity contribution in [3.63, 3.8) is 0 Å². The third kappa shape index (κ3) is 4.70. The van der Waals surface area contributed by atoms with Gasteiger partial charge < -0.3 is 20.5 Å². The van der Waals surface area contributed by atoms with E-state index >= 15 is 0 Å². The van der Waals surface area contributed by atoms with Gasteiger partial charge in [0.1, 0.15) is 24.5 Å². The Morgan fingerprint density at radius 2 is 2.00 bits per heavy atom. The number of carbonyl (C=O) groups is 1. The highest BCUT2D eigenvalue weighted by Crippen LogP contribution is 2.16. The van der Waals surface area contributed by atoms with Crippen LogP contribution in [0.2, 0.25) is 0 Å². The fraction of sp³-hybridized carbons (Fsp3) is 0.583. The molecule has 2 rings (SSSR count). The second-order valence-corrected chi connectivity index (χ2v) is 4.47. The number of aromatic nitrogens is 2. The molecule has 0 aromatic carbocycles. The van der Waals surface area contributed by atoms with Crippen LogP contribution in [0.5, 0.6) is 0 Å². The number of ether oxygens (including phenoxy) is 1. The summed E-state index contributed by atoms with van der Waals surface area (Å²) in [5.41, 5.74) is 0. The fourth-order valence-corrected chi connectivity index (χ4v) is 1.92. The summed E-state index contributed by atoms with van der Waals surface area (Å²) in [5, 5.41) is 14.5. The second-order valence-electron chi connectivity index (χ2n) is 4.47. The number of hydrogen-bond acceptors (Lipinski definition) is 6. The normalized spacial score (nSPS) is 16.0. The molecule has 1 saturated heterocycles. The zero-order chi connectivity index (χ0) is 13.5. The van der Waals surface area contributed by atoms with Crippen molar-refractivity contribution < 1.29 is 14.6 Å². The molecule has 2 heterocycles. The molecule has 0 aliphatic carbocycles. The molecule has 0 bridgehead atoms. The van der Waals surface area contributed by atoms with Crippen LogP contribution in [0.4, 0.5) is 11.6 Å². The van der Waals surface area contributed by atoms with Crippen molar-refractivity contribution in [1.82, 2.24) is 9.97 Å². The minimum atomic E-state index is -0.921. The van der Waals surface area contributed by atoms with E-state index in [-0.39, 0.29) is 6.54 Å². The molecule has 0 atom stereocenters. The van der Waals surface area contributed by atoms with E-state index in [1.54, 1.807) is 6.07 Å². The number of nitrogens with zero attached hydrogens (tertiary/aromatic N) is 2. The summed E-state index contributed by atoms with van der Waals surface area (Å²) >= 11 is 0. The summed E-state index contributed by atoms with van der Waals surface area (Å²) in [6.07, 6.45) is 3.53. The van der Waals surface area contributed by atoms with Gasteiger partial charge >= 0.3 is 5.97 Å². The van der Waals surface area contributed by atoms with E-state index in [0.29, 0.717) is 17.6 Å². The predicted octanol–water partition coefficient (Wildman–Crippen LogP) is 0.812. The molecule has 0 saturated carbocycles. The Hall–Kier alpha value is -1.89. The Kier molecular flexibility index (Phi) is 4.91. The molecule has 19 heavy (non-hydrogen) atoms. The average Bonchev–Trinajstić information content (AvgIpc) is 2.44. The lowest BCUT2D eigenvalue weighted by Gasteiger charge is -2.22. The van der Waals surface area contributed by atoms with Crippen LogP contribution in [0.25, 0.3) is 0 Å². The maximum absolute atomic E-state index is 10.5. The maximum Gasteiger partial charge on any atom is 0.322 e. The van der Waals surface area contributed by atoms with Gasteiger partial charge in [0.15, 0.2) is 0 Å². The molecular formula is C12H18N4O3. The van der Waals surface area contributed by atoms with E-state index in [4.69, 9.17) is 9.84 Å². The summed E-state index contributed by atoms with van der Waals surface area (Å²) in [6.45, 7) is 2.33. The van der Waals surface area contributed by atoms with Crippen molar-refractivity contribution in [2.24, 2.45) is 5.92 Å². The SMILES string of the molecule is O=C(O)CNc1cc(NCC2CCOCC2)ncn1. The topological polar surface area (TPSA) is 96.4 Å². The van der Waals surface area contributed by atoms with Crippen LogP contribution < -0.4 is 10.6 Å². The van der Waals surface area contributed by atoms with Gasteiger partial charge in [0.25, 0.3) is 0 Å². The van der Waals surface area contributed by atoms with E-state index in [2.05, 4.69) is 20.6 Å². The number of hydrogen-bond donors (Lipinski definition) is 3. The molecular weight excluding hydrogens is 248 g/mol. The Morgan fingerprint density at radius 1 is 1.32 bits per heavy atom. The first-order valence-corrected chi connectivity index (χ1v) is 6.33. The van der Waals surface area contributed by atoms with Gasteiger partial charge in [-0.2, -0.15) is 0 Å². The highest BCUT2D eigenvalue weighted by atomic mass is 16.5.